The summed E-state index contributed by atoms with van der Waals surface area (Å²) in [7, 11) is 3.57. The number of amides is 1. The van der Waals surface area contributed by atoms with Crippen LogP contribution in [0.1, 0.15) is 51.9 Å². The Hall–Kier alpha value is -4.34. The number of allylic oxidation sites excluding steroid dienone is 1. The molecule has 2 aromatic rings. The van der Waals surface area contributed by atoms with Crippen LogP contribution in [0.5, 0.6) is 0 Å². The van der Waals surface area contributed by atoms with Crippen molar-refractivity contribution in [1.82, 2.24) is 15.1 Å². The number of nitrogens with one attached hydrogen (secondary N) is 3. The van der Waals surface area contributed by atoms with Crippen LogP contribution in [0.3, 0.4) is 0 Å². The highest BCUT2D eigenvalue weighted by molar-refractivity contribution is 6.22. The molecule has 1 aliphatic carbocycles. The predicted octanol–water partition coefficient (Wildman–Crippen LogP) is 3.68. The van der Waals surface area contributed by atoms with Gasteiger partial charge in [0.25, 0.3) is 5.91 Å². The van der Waals surface area contributed by atoms with Crippen molar-refractivity contribution < 1.29 is 18.0 Å². The van der Waals surface area contributed by atoms with E-state index in [1.807, 2.05) is 18.9 Å². The zero-order chi connectivity index (χ0) is 32.0. The summed E-state index contributed by atoms with van der Waals surface area (Å²) in [6.07, 6.45) is -1.49. The Morgan fingerprint density at radius 1 is 1.11 bits per heavy atom. The number of halogens is 3. The van der Waals surface area contributed by atoms with Crippen LogP contribution in [0.4, 0.5) is 18.9 Å². The van der Waals surface area contributed by atoms with Crippen molar-refractivity contribution >= 4 is 23.3 Å². The van der Waals surface area contributed by atoms with Gasteiger partial charge in [0.15, 0.2) is 0 Å². The van der Waals surface area contributed by atoms with E-state index >= 15 is 0 Å². The maximum Gasteiger partial charge on any atom is 0.416 e. The molecule has 2 fully saturated rings. The number of likely N-dealkylation sites (N-methyl/N-ethyl adjacent to an activating group) is 1. The van der Waals surface area contributed by atoms with Crippen LogP contribution in [0.2, 0.25) is 0 Å². The number of amidine groups is 2. The molecular weight excluding hydrogens is 569 g/mol. The van der Waals surface area contributed by atoms with Crippen LogP contribution in [0.25, 0.3) is 0 Å². The third-order valence-corrected chi connectivity index (χ3v) is 7.94. The largest absolute Gasteiger partial charge is 0.416 e. The van der Waals surface area contributed by atoms with Crippen molar-refractivity contribution in [2.75, 3.05) is 45.6 Å². The fraction of sp³-hybridized carbons (Fsp3) is 0.406. The Kier molecular flexibility index (Phi) is 10.3. The minimum absolute atomic E-state index is 0.0429. The standard InChI is InChI=1S/C32H39F3N8O/c1-20-7-8-22(17-21(20)10-12-27(36)28(29(37)38)30(39-2)40-24-5-4-6-24)31(44)41-25-11-9-23(26(18-25)32(33,34)35)19-43-15-13-42(3)14-16-43/h7-9,11,17-18,24H,4-6,13-16,19,36H2,1-3H3,(H3,37,38)(H,39,40)(H,41,44)/b28-27-. The fourth-order valence-electron chi connectivity index (χ4n) is 5.00. The molecule has 0 aromatic heterocycles. The molecule has 0 radical (unpaired) electrons. The van der Waals surface area contributed by atoms with Gasteiger partial charge >= 0.3 is 6.18 Å². The number of anilines is 1. The van der Waals surface area contributed by atoms with Crippen molar-refractivity contribution in [2.24, 2.45) is 16.5 Å². The highest BCUT2D eigenvalue weighted by Gasteiger charge is 2.34. The van der Waals surface area contributed by atoms with Crippen LogP contribution in [0.15, 0.2) is 52.7 Å². The Bertz CT molecular complexity index is 1520. The van der Waals surface area contributed by atoms with Gasteiger partial charge in [-0.3, -0.25) is 20.1 Å². The SMILES string of the molecule is CN=C(NC1CCC1)/C(C(=N)N)=C(\N)C#Cc1cc(C(=O)Nc2ccc(CN3CCN(C)CC3)c(C(F)(F)F)c2)ccc1C. The van der Waals surface area contributed by atoms with Crippen molar-refractivity contribution in [1.29, 1.82) is 5.41 Å². The summed E-state index contributed by atoms with van der Waals surface area (Å²) in [6.45, 7) is 4.96. The van der Waals surface area contributed by atoms with Gasteiger partial charge < -0.3 is 27.0 Å². The second-order valence-electron chi connectivity index (χ2n) is 11.2. The van der Waals surface area contributed by atoms with E-state index in [1.54, 1.807) is 25.2 Å². The highest BCUT2D eigenvalue weighted by atomic mass is 19.4. The molecule has 0 bridgehead atoms. The first-order valence-corrected chi connectivity index (χ1v) is 14.5. The summed E-state index contributed by atoms with van der Waals surface area (Å²) in [5.41, 5.74) is 13.2. The van der Waals surface area contributed by atoms with Crippen molar-refractivity contribution in [3.63, 3.8) is 0 Å². The summed E-state index contributed by atoms with van der Waals surface area (Å²) in [6, 6.07) is 8.96. The lowest BCUT2D eigenvalue weighted by atomic mass is 9.92. The van der Waals surface area contributed by atoms with Gasteiger partial charge in [-0.1, -0.05) is 18.1 Å². The Balaban J connectivity index is 1.54. The first kappa shape index (κ1) is 32.6. The number of benzene rings is 2. The van der Waals surface area contributed by atoms with E-state index in [2.05, 4.69) is 32.4 Å². The monoisotopic (exact) mass is 608 g/mol. The molecule has 0 spiro atoms. The van der Waals surface area contributed by atoms with E-state index in [9.17, 15) is 18.0 Å². The summed E-state index contributed by atoms with van der Waals surface area (Å²) >= 11 is 0. The number of aliphatic imine (C=N–C) groups is 1. The number of nitrogens with zero attached hydrogens (tertiary/aromatic N) is 3. The molecule has 1 aliphatic heterocycles. The molecule has 7 N–H and O–H groups in total. The van der Waals surface area contributed by atoms with Crippen LogP contribution in [-0.4, -0.2) is 73.7 Å². The summed E-state index contributed by atoms with van der Waals surface area (Å²) in [5.74, 6) is 5.31. The van der Waals surface area contributed by atoms with Gasteiger partial charge in [0, 0.05) is 62.6 Å². The number of carbonyl (C=O) groups excluding carboxylic acids is 1. The smallest absolute Gasteiger partial charge is 0.391 e. The number of carbonyl (C=O) groups is 1. The fourth-order valence-corrected chi connectivity index (χ4v) is 5.00. The molecule has 2 aliphatic rings. The van der Waals surface area contributed by atoms with Crippen LogP contribution >= 0.6 is 0 Å². The summed E-state index contributed by atoms with van der Waals surface area (Å²) < 4.78 is 42.0. The second-order valence-corrected chi connectivity index (χ2v) is 11.2. The molecule has 1 amide bonds. The molecular formula is C32H39F3N8O. The van der Waals surface area contributed by atoms with E-state index < -0.39 is 17.6 Å². The molecule has 0 unspecified atom stereocenters. The first-order chi connectivity index (χ1) is 20.8. The van der Waals surface area contributed by atoms with E-state index in [0.29, 0.717) is 24.5 Å². The van der Waals surface area contributed by atoms with E-state index in [-0.39, 0.29) is 46.5 Å². The Morgan fingerprint density at radius 3 is 2.41 bits per heavy atom. The lowest BCUT2D eigenvalue weighted by Gasteiger charge is -2.33. The average Bonchev–Trinajstić information content (AvgIpc) is 2.94. The van der Waals surface area contributed by atoms with Crippen LogP contribution in [-0.2, 0) is 12.7 Å². The van der Waals surface area contributed by atoms with Crippen LogP contribution < -0.4 is 22.1 Å². The lowest BCUT2D eigenvalue weighted by Crippen LogP contribution is -2.44. The second kappa shape index (κ2) is 14.0. The number of hydrogen-bond donors (Lipinski definition) is 5. The minimum atomic E-state index is -4.57. The number of alkyl halides is 3. The average molecular weight is 609 g/mol. The van der Waals surface area contributed by atoms with E-state index in [1.165, 1.54) is 12.1 Å². The minimum Gasteiger partial charge on any atom is -0.391 e. The zero-order valence-electron chi connectivity index (χ0n) is 25.2. The highest BCUT2D eigenvalue weighted by Crippen LogP contribution is 2.35. The van der Waals surface area contributed by atoms with Crippen molar-refractivity contribution in [3.05, 3.63) is 75.5 Å². The van der Waals surface area contributed by atoms with Gasteiger partial charge in [0.05, 0.1) is 16.8 Å². The number of rotatable bonds is 7. The van der Waals surface area contributed by atoms with Gasteiger partial charge in [-0.2, -0.15) is 13.2 Å². The number of piperazine rings is 1. The van der Waals surface area contributed by atoms with Crippen molar-refractivity contribution in [2.45, 2.75) is 44.9 Å². The predicted molar refractivity (Wildman–Crippen MR) is 167 cm³/mol. The molecule has 12 heteroatoms. The van der Waals surface area contributed by atoms with Gasteiger partial charge in [-0.15, -0.1) is 0 Å². The molecule has 0 atom stereocenters. The molecule has 1 saturated heterocycles. The van der Waals surface area contributed by atoms with E-state index in [0.717, 1.165) is 44.0 Å². The normalized spacial score (nSPS) is 17.2. The molecule has 2 aromatic carbocycles. The third kappa shape index (κ3) is 8.18. The van der Waals surface area contributed by atoms with Gasteiger partial charge in [-0.25, -0.2) is 0 Å². The maximum atomic E-state index is 14.0. The topological polar surface area (TPSA) is 136 Å². The number of hydrogen-bond acceptors (Lipinski definition) is 6. The first-order valence-electron chi connectivity index (χ1n) is 14.5. The maximum absolute atomic E-state index is 14.0. The summed E-state index contributed by atoms with van der Waals surface area (Å²) in [5, 5.41) is 13.9. The van der Waals surface area contributed by atoms with E-state index in [4.69, 9.17) is 16.9 Å². The number of nitrogens with two attached hydrogens (primary N) is 2. The lowest BCUT2D eigenvalue weighted by molar-refractivity contribution is -0.138. The molecule has 4 rings (SSSR count). The zero-order valence-corrected chi connectivity index (χ0v) is 25.2. The quantitative estimate of drug-likeness (QED) is 0.185. The molecule has 9 nitrogen and oxygen atoms in total. The molecule has 44 heavy (non-hydrogen) atoms. The van der Waals surface area contributed by atoms with Crippen molar-refractivity contribution in [3.8, 4) is 11.8 Å². The third-order valence-electron chi connectivity index (χ3n) is 7.94. The van der Waals surface area contributed by atoms with Gasteiger partial charge in [-0.05, 0) is 74.5 Å². The van der Waals surface area contributed by atoms with Gasteiger partial charge in [0.2, 0.25) is 0 Å². The van der Waals surface area contributed by atoms with Crippen LogP contribution in [0, 0.1) is 24.2 Å². The Labute approximate surface area is 256 Å². The molecule has 1 heterocycles. The van der Waals surface area contributed by atoms with Gasteiger partial charge in [0.1, 0.15) is 11.7 Å². The summed E-state index contributed by atoms with van der Waals surface area (Å²) in [4.78, 5) is 21.5. The number of aryl methyl sites for hydroxylation is 1. The molecule has 1 saturated carbocycles. The Morgan fingerprint density at radius 2 is 1.82 bits per heavy atom. The molecule has 234 valence electrons.